The number of rotatable bonds is 7. The molecule has 0 aromatic heterocycles. The summed E-state index contributed by atoms with van der Waals surface area (Å²) in [7, 11) is 0. The van der Waals surface area contributed by atoms with Crippen molar-refractivity contribution in [2.45, 2.75) is 13.8 Å². The first kappa shape index (κ1) is 16.5. The number of benzene rings is 2. The fourth-order valence-corrected chi connectivity index (χ4v) is 1.81. The number of non-ortho nitro benzene ring substituents is 1. The summed E-state index contributed by atoms with van der Waals surface area (Å²) in [5.41, 5.74) is 4.43. The molecule has 0 fully saturated rings. The minimum Gasteiger partial charge on any atom is -0.493 e. The fourth-order valence-electron chi connectivity index (χ4n) is 1.81. The van der Waals surface area contributed by atoms with Crippen molar-refractivity contribution in [3.05, 3.63) is 64.2 Å². The van der Waals surface area contributed by atoms with E-state index >= 15 is 0 Å². The number of anilines is 1. The van der Waals surface area contributed by atoms with Crippen molar-refractivity contribution in [3.8, 4) is 5.75 Å². The molecule has 0 saturated carbocycles. The highest BCUT2D eigenvalue weighted by atomic mass is 16.6. The quantitative estimate of drug-likeness (QED) is 0.475. The van der Waals surface area contributed by atoms with E-state index in [2.05, 4.69) is 24.4 Å². The highest BCUT2D eigenvalue weighted by Gasteiger charge is 2.04. The molecule has 0 unspecified atom stereocenters. The van der Waals surface area contributed by atoms with Crippen LogP contribution in [0.5, 0.6) is 5.75 Å². The van der Waals surface area contributed by atoms with Gasteiger partial charge in [-0.3, -0.25) is 15.5 Å². The summed E-state index contributed by atoms with van der Waals surface area (Å²) in [6.07, 6.45) is 1.66. The summed E-state index contributed by atoms with van der Waals surface area (Å²) >= 11 is 0. The summed E-state index contributed by atoms with van der Waals surface area (Å²) < 4.78 is 5.75. The van der Waals surface area contributed by atoms with Gasteiger partial charge in [0.1, 0.15) is 5.75 Å². The van der Waals surface area contributed by atoms with Gasteiger partial charge in [0, 0.05) is 17.7 Å². The van der Waals surface area contributed by atoms with Crippen molar-refractivity contribution in [1.29, 1.82) is 0 Å². The van der Waals surface area contributed by atoms with Crippen molar-refractivity contribution in [3.63, 3.8) is 0 Å². The molecule has 1 N–H and O–H groups in total. The lowest BCUT2D eigenvalue weighted by molar-refractivity contribution is -0.384. The van der Waals surface area contributed by atoms with E-state index in [1.165, 1.54) is 12.1 Å². The summed E-state index contributed by atoms with van der Waals surface area (Å²) in [5, 5.41) is 14.7. The smallest absolute Gasteiger partial charge is 0.269 e. The number of hydrogen-bond donors (Lipinski definition) is 1. The largest absolute Gasteiger partial charge is 0.493 e. The lowest BCUT2D eigenvalue weighted by atomic mass is 10.2. The minimum atomic E-state index is -0.435. The van der Waals surface area contributed by atoms with Crippen LogP contribution in [0.3, 0.4) is 0 Å². The lowest BCUT2D eigenvalue weighted by Gasteiger charge is -2.10. The Morgan fingerprint density at radius 1 is 1.22 bits per heavy atom. The van der Waals surface area contributed by atoms with Crippen molar-refractivity contribution in [2.24, 2.45) is 11.0 Å². The third-order valence-electron chi connectivity index (χ3n) is 2.97. The van der Waals surface area contributed by atoms with Gasteiger partial charge in [0.15, 0.2) is 0 Å². The number of hydrogen-bond acceptors (Lipinski definition) is 5. The zero-order valence-corrected chi connectivity index (χ0v) is 13.1. The van der Waals surface area contributed by atoms with Gasteiger partial charge in [0.2, 0.25) is 0 Å². The highest BCUT2D eigenvalue weighted by molar-refractivity contribution is 5.84. The van der Waals surface area contributed by atoms with E-state index in [9.17, 15) is 10.1 Å². The van der Waals surface area contributed by atoms with Crippen LogP contribution in [-0.2, 0) is 0 Å². The average molecular weight is 313 g/mol. The number of ether oxygens (including phenoxy) is 1. The predicted octanol–water partition coefficient (Wildman–Crippen LogP) is 4.08. The molecule has 120 valence electrons. The van der Waals surface area contributed by atoms with Crippen LogP contribution in [0, 0.1) is 16.0 Å². The van der Waals surface area contributed by atoms with Crippen LogP contribution in [0.1, 0.15) is 19.4 Å². The van der Waals surface area contributed by atoms with Gasteiger partial charge in [-0.25, -0.2) is 0 Å². The maximum absolute atomic E-state index is 10.6. The molecule has 0 spiro atoms. The number of nitro benzene ring substituents is 1. The number of nitrogens with one attached hydrogen (secondary N) is 1. The van der Waals surface area contributed by atoms with Crippen molar-refractivity contribution in [2.75, 3.05) is 12.0 Å². The monoisotopic (exact) mass is 313 g/mol. The summed E-state index contributed by atoms with van der Waals surface area (Å²) in [6, 6.07) is 13.7. The Morgan fingerprint density at radius 2 is 1.91 bits per heavy atom. The Bertz CT molecular complexity index is 682. The van der Waals surface area contributed by atoms with Gasteiger partial charge < -0.3 is 4.74 Å². The fraction of sp³-hybridized carbons (Fsp3) is 0.235. The second-order valence-corrected chi connectivity index (χ2v) is 5.42. The Morgan fingerprint density at radius 3 is 2.57 bits per heavy atom. The minimum absolute atomic E-state index is 0.0481. The van der Waals surface area contributed by atoms with E-state index < -0.39 is 4.92 Å². The summed E-state index contributed by atoms with van der Waals surface area (Å²) in [5.74, 6) is 1.22. The van der Waals surface area contributed by atoms with Gasteiger partial charge in [-0.05, 0) is 30.2 Å². The van der Waals surface area contributed by atoms with E-state index in [1.54, 1.807) is 18.3 Å². The zero-order valence-electron chi connectivity index (χ0n) is 13.1. The zero-order chi connectivity index (χ0) is 16.7. The van der Waals surface area contributed by atoms with E-state index in [0.717, 1.165) is 11.3 Å². The van der Waals surface area contributed by atoms with E-state index in [-0.39, 0.29) is 5.69 Å². The molecule has 0 saturated heterocycles. The van der Waals surface area contributed by atoms with Crippen molar-refractivity contribution >= 4 is 17.6 Å². The molecular weight excluding hydrogens is 294 g/mol. The van der Waals surface area contributed by atoms with Crippen LogP contribution >= 0.6 is 0 Å². The average Bonchev–Trinajstić information content (AvgIpc) is 2.54. The van der Waals surface area contributed by atoms with Gasteiger partial charge >= 0.3 is 0 Å². The molecular formula is C17H19N3O3. The molecule has 0 aliphatic heterocycles. The molecule has 23 heavy (non-hydrogen) atoms. The normalized spacial score (nSPS) is 10.9. The lowest BCUT2D eigenvalue weighted by Crippen LogP contribution is -2.06. The van der Waals surface area contributed by atoms with Gasteiger partial charge in [-0.2, -0.15) is 5.10 Å². The van der Waals surface area contributed by atoms with E-state index in [4.69, 9.17) is 4.74 Å². The van der Waals surface area contributed by atoms with E-state index in [1.807, 2.05) is 24.3 Å². The second-order valence-electron chi connectivity index (χ2n) is 5.42. The molecule has 2 aromatic rings. The molecule has 0 aliphatic rings. The number of para-hydroxylation sites is 1. The molecule has 0 amide bonds. The van der Waals surface area contributed by atoms with Crippen molar-refractivity contribution < 1.29 is 9.66 Å². The van der Waals surface area contributed by atoms with Gasteiger partial charge in [0.25, 0.3) is 5.69 Å². The Hall–Kier alpha value is -2.89. The molecule has 0 atom stereocenters. The molecule has 0 heterocycles. The Kier molecular flexibility index (Phi) is 5.68. The predicted molar refractivity (Wildman–Crippen MR) is 91.1 cm³/mol. The molecule has 2 aromatic carbocycles. The second kappa shape index (κ2) is 7.93. The standard InChI is InChI=1S/C17H19N3O3/c1-13(2)12-23-17-6-4-3-5-14(17)11-18-19-15-7-9-16(10-8-15)20(21)22/h3-11,13,19H,12H2,1-2H3/b18-11-. The number of nitrogens with zero attached hydrogens (tertiary/aromatic N) is 2. The van der Waals surface area contributed by atoms with Gasteiger partial charge in [-0.1, -0.05) is 26.0 Å². The molecule has 0 aliphatic carbocycles. The molecule has 0 radical (unpaired) electrons. The third kappa shape index (κ3) is 5.10. The van der Waals surface area contributed by atoms with Crippen LogP contribution in [0.25, 0.3) is 0 Å². The van der Waals surface area contributed by atoms with Crippen LogP contribution in [-0.4, -0.2) is 17.7 Å². The Labute approximate surface area is 134 Å². The van der Waals surface area contributed by atoms with Crippen LogP contribution < -0.4 is 10.2 Å². The third-order valence-corrected chi connectivity index (χ3v) is 2.97. The number of nitro groups is 1. The SMILES string of the molecule is CC(C)COc1ccccc1/C=N\Nc1ccc([N+](=O)[O-])cc1. The molecule has 0 bridgehead atoms. The van der Waals surface area contributed by atoms with Crippen LogP contribution in [0.2, 0.25) is 0 Å². The first-order chi connectivity index (χ1) is 11.1. The first-order valence-electron chi connectivity index (χ1n) is 7.31. The molecule has 6 nitrogen and oxygen atoms in total. The van der Waals surface area contributed by atoms with Crippen molar-refractivity contribution in [1.82, 2.24) is 0 Å². The molecule has 2 rings (SSSR count). The maximum atomic E-state index is 10.6. The summed E-state index contributed by atoms with van der Waals surface area (Å²) in [6.45, 7) is 4.82. The van der Waals surface area contributed by atoms with Crippen LogP contribution in [0.15, 0.2) is 53.6 Å². The van der Waals surface area contributed by atoms with Crippen LogP contribution in [0.4, 0.5) is 11.4 Å². The van der Waals surface area contributed by atoms with E-state index in [0.29, 0.717) is 18.2 Å². The van der Waals surface area contributed by atoms with Gasteiger partial charge in [0.05, 0.1) is 23.4 Å². The highest BCUT2D eigenvalue weighted by Crippen LogP contribution is 2.18. The van der Waals surface area contributed by atoms with Gasteiger partial charge in [-0.15, -0.1) is 0 Å². The summed E-state index contributed by atoms with van der Waals surface area (Å²) in [4.78, 5) is 10.2. The topological polar surface area (TPSA) is 76.8 Å². The first-order valence-corrected chi connectivity index (χ1v) is 7.31. The Balaban J connectivity index is 2.01. The molecule has 6 heteroatoms. The maximum Gasteiger partial charge on any atom is 0.269 e. The number of hydrazone groups is 1.